The fourth-order valence-electron chi connectivity index (χ4n) is 0. The maximum Gasteiger partial charge on any atom is 0 e. The van der Waals surface area contributed by atoms with Crippen molar-refractivity contribution in [2.24, 2.45) is 0 Å². The molecule has 5 heavy (non-hydrogen) atoms. The quantitative estimate of drug-likeness (QED) is 0.345. The Morgan fingerprint density at radius 3 is 1.00 bits per heavy atom. The van der Waals surface area contributed by atoms with Gasteiger partial charge in [-0.3, -0.25) is 0 Å². The average Bonchev–Trinajstić information content (AvgIpc) is 0. The van der Waals surface area contributed by atoms with Crippen molar-refractivity contribution in [3.8, 4) is 0 Å². The second kappa shape index (κ2) is 36.6. The minimum Gasteiger partial charge on any atom is -0.412 e. The maximum absolute atomic E-state index is 0. The van der Waals surface area contributed by atoms with Crippen LogP contribution in [0.2, 0.25) is 0 Å². The summed E-state index contributed by atoms with van der Waals surface area (Å²) in [5, 5.41) is 0. The molecule has 0 bridgehead atoms. The second-order valence-corrected chi connectivity index (χ2v) is 0. The first-order valence-corrected chi connectivity index (χ1v) is 0. The Kier molecular flexibility index (Phi) is 447. The second-order valence-electron chi connectivity index (χ2n) is 0. The molecule has 8 radical (unpaired) electrons. The molecule has 0 aliphatic carbocycles. The van der Waals surface area contributed by atoms with Crippen molar-refractivity contribution >= 4 is 71.4 Å². The van der Waals surface area contributed by atoms with Crippen molar-refractivity contribution in [2.75, 3.05) is 0 Å². The summed E-state index contributed by atoms with van der Waals surface area (Å²) >= 11 is 0. The van der Waals surface area contributed by atoms with Crippen LogP contribution >= 0.6 is 13.5 Å². The number of hydrogen-bond donors (Lipinski definition) is 0. The Balaban J connectivity index is 0. The largest absolute Gasteiger partial charge is 0.412 e. The first-order valence-electron chi connectivity index (χ1n) is 0. The van der Waals surface area contributed by atoms with Gasteiger partial charge in [0.1, 0.15) is 0 Å². The molecule has 24 valence electrons. The van der Waals surface area contributed by atoms with E-state index in [0.29, 0.717) is 0 Å². The predicted molar refractivity (Wildman–Crippen MR) is 31.3 cm³/mol. The van der Waals surface area contributed by atoms with Crippen LogP contribution in [0.5, 0.6) is 0 Å². The Bertz CT molecular complexity index is 11.6. The Labute approximate surface area is 76.1 Å². The van der Waals surface area contributed by atoms with Gasteiger partial charge in [-0.15, -0.1) is 0 Å². The normalized spacial score (nSPS) is 0. The van der Waals surface area contributed by atoms with Gasteiger partial charge in [0.15, 0.2) is 0 Å². The summed E-state index contributed by atoms with van der Waals surface area (Å²) in [6, 6.07) is 0. The summed E-state index contributed by atoms with van der Waals surface area (Å²) in [6.07, 6.45) is 0. The third-order valence-electron chi connectivity index (χ3n) is 0. The van der Waals surface area contributed by atoms with E-state index in [1.165, 1.54) is 0 Å². The summed E-state index contributed by atoms with van der Waals surface area (Å²) < 4.78 is 0. The van der Waals surface area contributed by atoms with Gasteiger partial charge >= 0.3 is 0 Å². The molecule has 5 heteroatoms. The molecule has 0 aromatic rings. The molecule has 0 unspecified atom stereocenters. The molecule has 0 amide bonds. The molecule has 0 aliphatic rings. The van der Waals surface area contributed by atoms with Gasteiger partial charge in [0.05, 0.1) is 0 Å². The van der Waals surface area contributed by atoms with E-state index >= 15 is 0 Å². The van der Waals surface area contributed by atoms with E-state index in [1.807, 2.05) is 0 Å². The van der Waals surface area contributed by atoms with E-state index in [2.05, 4.69) is 0 Å². The fourth-order valence-corrected chi connectivity index (χ4v) is 0. The van der Waals surface area contributed by atoms with Gasteiger partial charge in [-0.05, 0) is 0 Å². The van der Waals surface area contributed by atoms with Crippen LogP contribution in [0.3, 0.4) is 0 Å². The van der Waals surface area contributed by atoms with E-state index in [-0.39, 0.29) is 76.9 Å². The Hall–Kier alpha value is 2.06. The summed E-state index contributed by atoms with van der Waals surface area (Å²) in [7, 11) is 0. The summed E-state index contributed by atoms with van der Waals surface area (Å²) in [6.45, 7) is 0. The molecule has 0 spiro atoms. The van der Waals surface area contributed by atoms with Crippen molar-refractivity contribution in [1.29, 1.82) is 0 Å². The summed E-state index contributed by atoms with van der Waals surface area (Å²) in [5.41, 5.74) is 0. The van der Waals surface area contributed by atoms with Gasteiger partial charge in [-0.1, -0.05) is 0 Å². The first kappa shape index (κ1) is 61.1. The Morgan fingerprint density at radius 2 is 1.00 bits per heavy atom. The molecule has 1 nitrogen and oxygen atoms in total. The van der Waals surface area contributed by atoms with Crippen molar-refractivity contribution in [3.63, 3.8) is 0 Å². The van der Waals surface area contributed by atoms with Gasteiger partial charge in [-0.2, -0.15) is 13.5 Å². The zero-order valence-corrected chi connectivity index (χ0v) is 8.23. The fraction of sp³-hybridized carbons (Fsp3) is 0. The monoisotopic (exact) mass is 130 g/mol. The topological polar surface area (TPSA) is 31.5 Å². The minimum atomic E-state index is 0. The average molecular weight is 130 g/mol. The zero-order valence-electron chi connectivity index (χ0n) is 3.08. The van der Waals surface area contributed by atoms with Crippen LogP contribution < -0.4 is 0 Å². The maximum atomic E-state index is 0. The molecular weight excluding hydrogens is 126 g/mol. The Morgan fingerprint density at radius 1 is 1.00 bits per heavy atom. The van der Waals surface area contributed by atoms with Crippen molar-refractivity contribution in [2.45, 2.75) is 0 Å². The van der Waals surface area contributed by atoms with E-state index in [4.69, 9.17) is 0 Å². The summed E-state index contributed by atoms with van der Waals surface area (Å²) in [5.74, 6) is 0. The molecule has 0 fully saturated rings. The van der Waals surface area contributed by atoms with Crippen molar-refractivity contribution < 1.29 is 5.48 Å². The van der Waals surface area contributed by atoms with Gasteiger partial charge in [0.2, 0.25) is 0 Å². The third kappa shape index (κ3) is 23.5. The van der Waals surface area contributed by atoms with Crippen molar-refractivity contribution in [3.05, 3.63) is 0 Å². The minimum absolute atomic E-state index is 0. The molecule has 2 N–H and O–H groups in total. The van der Waals surface area contributed by atoms with Crippen LogP contribution in [0.4, 0.5) is 0 Å². The molecule has 0 saturated heterocycles. The van der Waals surface area contributed by atoms with Crippen LogP contribution in [0.15, 0.2) is 0 Å². The molecule has 0 heterocycles. The molecule has 0 saturated carbocycles. The van der Waals surface area contributed by atoms with E-state index in [1.54, 1.807) is 0 Å². The molecular formula is H4AlNaOSSi. The smallest absolute Gasteiger partial charge is 0 e. The number of rotatable bonds is 0. The summed E-state index contributed by atoms with van der Waals surface area (Å²) in [4.78, 5) is 0. The zero-order chi connectivity index (χ0) is 0. The van der Waals surface area contributed by atoms with Crippen LogP contribution in [-0.2, 0) is 0 Å². The van der Waals surface area contributed by atoms with E-state index in [9.17, 15) is 0 Å². The first-order chi connectivity index (χ1) is 0. The van der Waals surface area contributed by atoms with Crippen LogP contribution in [0.1, 0.15) is 0 Å². The standard InChI is InChI=1S/Al.Na.H2O.H2S.Si/h;;2*1H2;. The molecule has 0 rings (SSSR count). The van der Waals surface area contributed by atoms with Gasteiger partial charge in [0.25, 0.3) is 0 Å². The van der Waals surface area contributed by atoms with Gasteiger partial charge in [-0.25, -0.2) is 0 Å². The SMILES string of the molecule is O.S.[Al].[Na].[Si]. The number of hydrogen-bond acceptors (Lipinski definition) is 0. The van der Waals surface area contributed by atoms with Gasteiger partial charge < -0.3 is 5.48 Å². The third-order valence-corrected chi connectivity index (χ3v) is 0. The van der Waals surface area contributed by atoms with Crippen LogP contribution in [0, 0.1) is 0 Å². The van der Waals surface area contributed by atoms with Crippen LogP contribution in [-0.4, -0.2) is 63.4 Å². The van der Waals surface area contributed by atoms with Gasteiger partial charge in [0, 0.05) is 57.9 Å². The molecule has 0 aromatic heterocycles. The molecule has 0 aromatic carbocycles. The van der Waals surface area contributed by atoms with Crippen molar-refractivity contribution in [1.82, 2.24) is 0 Å². The predicted octanol–water partition coefficient (Wildman–Crippen LogP) is -1.85. The molecule has 0 aliphatic heterocycles. The van der Waals surface area contributed by atoms with Crippen LogP contribution in [0.25, 0.3) is 0 Å². The van der Waals surface area contributed by atoms with E-state index < -0.39 is 0 Å². The molecule has 0 atom stereocenters. The van der Waals surface area contributed by atoms with E-state index in [0.717, 1.165) is 0 Å².